The molecule has 3 nitrogen and oxygen atoms in total. The largest absolute Gasteiger partial charge is 0.310 e. The summed E-state index contributed by atoms with van der Waals surface area (Å²) in [6.07, 6.45) is 11.3. The first-order chi connectivity index (χ1) is 9.61. The van der Waals surface area contributed by atoms with Crippen LogP contribution in [0.3, 0.4) is 0 Å². The zero-order valence-corrected chi connectivity index (χ0v) is 13.3. The molecule has 0 saturated heterocycles. The first-order valence-corrected chi connectivity index (χ1v) is 8.40. The van der Waals surface area contributed by atoms with Crippen LogP contribution >= 0.6 is 0 Å². The van der Waals surface area contributed by atoms with Crippen molar-refractivity contribution in [1.29, 1.82) is 0 Å². The van der Waals surface area contributed by atoms with Gasteiger partial charge in [0.15, 0.2) is 0 Å². The molecule has 1 N–H and O–H groups in total. The summed E-state index contributed by atoms with van der Waals surface area (Å²) in [5, 5.41) is 8.46. The highest BCUT2D eigenvalue weighted by Crippen LogP contribution is 2.42. The van der Waals surface area contributed by atoms with Crippen LogP contribution in [0.15, 0.2) is 6.20 Å². The van der Waals surface area contributed by atoms with Crippen molar-refractivity contribution in [2.24, 2.45) is 5.41 Å². The first kappa shape index (κ1) is 14.1. The van der Waals surface area contributed by atoms with Crippen LogP contribution in [-0.4, -0.2) is 16.3 Å². The van der Waals surface area contributed by atoms with E-state index in [9.17, 15) is 0 Å². The number of rotatable bonds is 3. The minimum absolute atomic E-state index is 0.381. The quantitative estimate of drug-likeness (QED) is 0.903. The van der Waals surface area contributed by atoms with Gasteiger partial charge < -0.3 is 5.32 Å². The lowest BCUT2D eigenvalue weighted by Gasteiger charge is -2.37. The van der Waals surface area contributed by atoms with E-state index in [2.05, 4.69) is 37.0 Å². The van der Waals surface area contributed by atoms with Crippen molar-refractivity contribution < 1.29 is 0 Å². The third-order valence-corrected chi connectivity index (χ3v) is 5.08. The molecular formula is C17H29N3. The van der Waals surface area contributed by atoms with Gasteiger partial charge in [-0.3, -0.25) is 4.68 Å². The predicted molar refractivity (Wildman–Crippen MR) is 82.9 cm³/mol. The van der Waals surface area contributed by atoms with Crippen molar-refractivity contribution in [3.05, 3.63) is 17.5 Å². The number of fused-ring (bicyclic) bond motifs is 1. The Morgan fingerprint density at radius 1 is 1.30 bits per heavy atom. The van der Waals surface area contributed by atoms with Crippen LogP contribution < -0.4 is 5.32 Å². The summed E-state index contributed by atoms with van der Waals surface area (Å²) in [7, 11) is 0. The standard InChI is InChI=1S/C17H29N3/c1-4-18-15-10-17(2,3)11-16-14(15)12-19-20(16)13-8-6-5-7-9-13/h12-13,15,18H,4-11H2,1-3H3. The molecular weight excluding hydrogens is 246 g/mol. The third-order valence-electron chi connectivity index (χ3n) is 5.08. The van der Waals surface area contributed by atoms with Gasteiger partial charge in [0.25, 0.3) is 0 Å². The molecule has 20 heavy (non-hydrogen) atoms. The van der Waals surface area contributed by atoms with Crippen LogP contribution in [-0.2, 0) is 6.42 Å². The lowest BCUT2D eigenvalue weighted by Crippen LogP contribution is -2.34. The Labute approximate surface area is 123 Å². The van der Waals surface area contributed by atoms with E-state index < -0.39 is 0 Å². The smallest absolute Gasteiger partial charge is 0.0540 e. The zero-order chi connectivity index (χ0) is 14.2. The molecule has 3 heteroatoms. The molecule has 0 aliphatic heterocycles. The Bertz CT molecular complexity index is 455. The fraction of sp³-hybridized carbons (Fsp3) is 0.824. The van der Waals surface area contributed by atoms with E-state index in [1.165, 1.54) is 56.2 Å². The first-order valence-electron chi connectivity index (χ1n) is 8.40. The van der Waals surface area contributed by atoms with Gasteiger partial charge in [-0.05, 0) is 37.6 Å². The van der Waals surface area contributed by atoms with Gasteiger partial charge in [-0.2, -0.15) is 5.10 Å². The van der Waals surface area contributed by atoms with E-state index in [1.54, 1.807) is 0 Å². The van der Waals surface area contributed by atoms with Crippen LogP contribution in [0.5, 0.6) is 0 Å². The Balaban J connectivity index is 1.91. The average molecular weight is 275 g/mol. The van der Waals surface area contributed by atoms with E-state index in [0.29, 0.717) is 17.5 Å². The summed E-state index contributed by atoms with van der Waals surface area (Å²) in [4.78, 5) is 0. The average Bonchev–Trinajstić information content (AvgIpc) is 2.82. The molecule has 3 rings (SSSR count). The van der Waals surface area contributed by atoms with Crippen molar-refractivity contribution in [2.45, 2.75) is 77.8 Å². The van der Waals surface area contributed by atoms with E-state index in [1.807, 2.05) is 0 Å². The Morgan fingerprint density at radius 2 is 2.05 bits per heavy atom. The summed E-state index contributed by atoms with van der Waals surface area (Å²) >= 11 is 0. The van der Waals surface area contributed by atoms with Crippen molar-refractivity contribution in [2.75, 3.05) is 6.54 Å². The topological polar surface area (TPSA) is 29.9 Å². The molecule has 1 saturated carbocycles. The molecule has 0 spiro atoms. The SMILES string of the molecule is CCNC1CC(C)(C)Cc2c1cnn2C1CCCCC1. The normalized spacial score (nSPS) is 26.4. The predicted octanol–water partition coefficient (Wildman–Crippen LogP) is 4.01. The molecule has 1 fully saturated rings. The second-order valence-electron chi connectivity index (χ2n) is 7.44. The number of aromatic nitrogens is 2. The zero-order valence-electron chi connectivity index (χ0n) is 13.3. The second kappa shape index (κ2) is 5.51. The van der Waals surface area contributed by atoms with Crippen molar-refractivity contribution in [3.63, 3.8) is 0 Å². The van der Waals surface area contributed by atoms with Gasteiger partial charge in [0, 0.05) is 17.3 Å². The molecule has 2 aliphatic rings. The van der Waals surface area contributed by atoms with Crippen molar-refractivity contribution in [3.8, 4) is 0 Å². The number of hydrogen-bond donors (Lipinski definition) is 1. The second-order valence-corrected chi connectivity index (χ2v) is 7.44. The van der Waals surface area contributed by atoms with E-state index in [4.69, 9.17) is 5.10 Å². The Morgan fingerprint density at radius 3 is 2.75 bits per heavy atom. The molecule has 0 amide bonds. The number of nitrogens with zero attached hydrogens (tertiary/aromatic N) is 2. The fourth-order valence-corrected chi connectivity index (χ4v) is 4.13. The molecule has 1 atom stereocenters. The number of nitrogens with one attached hydrogen (secondary N) is 1. The van der Waals surface area contributed by atoms with Crippen LogP contribution in [0.2, 0.25) is 0 Å². The highest BCUT2D eigenvalue weighted by atomic mass is 15.3. The molecule has 1 aromatic rings. The molecule has 1 heterocycles. The maximum Gasteiger partial charge on any atom is 0.0540 e. The van der Waals surface area contributed by atoms with Gasteiger partial charge in [-0.25, -0.2) is 0 Å². The minimum atomic E-state index is 0.381. The highest BCUT2D eigenvalue weighted by molar-refractivity contribution is 5.27. The fourth-order valence-electron chi connectivity index (χ4n) is 4.13. The van der Waals surface area contributed by atoms with E-state index in [0.717, 1.165) is 6.54 Å². The van der Waals surface area contributed by atoms with Gasteiger partial charge in [-0.1, -0.05) is 40.0 Å². The Kier molecular flexibility index (Phi) is 3.89. The monoisotopic (exact) mass is 275 g/mol. The maximum absolute atomic E-state index is 4.80. The molecule has 1 aromatic heterocycles. The molecule has 0 aromatic carbocycles. The molecule has 0 radical (unpaired) electrons. The van der Waals surface area contributed by atoms with Gasteiger partial charge in [0.05, 0.1) is 12.2 Å². The molecule has 0 bridgehead atoms. The Hall–Kier alpha value is -0.830. The van der Waals surface area contributed by atoms with Crippen LogP contribution in [0.1, 0.15) is 82.6 Å². The number of hydrogen-bond acceptors (Lipinski definition) is 2. The van der Waals surface area contributed by atoms with Gasteiger partial charge in [-0.15, -0.1) is 0 Å². The van der Waals surface area contributed by atoms with Crippen molar-refractivity contribution >= 4 is 0 Å². The van der Waals surface area contributed by atoms with E-state index >= 15 is 0 Å². The summed E-state index contributed by atoms with van der Waals surface area (Å²) in [6, 6.07) is 1.15. The summed E-state index contributed by atoms with van der Waals surface area (Å²) in [6.45, 7) is 8.04. The lowest BCUT2D eigenvalue weighted by molar-refractivity contribution is 0.241. The van der Waals surface area contributed by atoms with E-state index in [-0.39, 0.29) is 0 Å². The minimum Gasteiger partial charge on any atom is -0.310 e. The molecule has 112 valence electrons. The maximum atomic E-state index is 4.80. The van der Waals surface area contributed by atoms with Gasteiger partial charge >= 0.3 is 0 Å². The van der Waals surface area contributed by atoms with Gasteiger partial charge in [0.1, 0.15) is 0 Å². The molecule has 2 aliphatic carbocycles. The lowest BCUT2D eigenvalue weighted by atomic mass is 9.74. The van der Waals surface area contributed by atoms with Crippen LogP contribution in [0.25, 0.3) is 0 Å². The van der Waals surface area contributed by atoms with Crippen LogP contribution in [0, 0.1) is 5.41 Å². The third kappa shape index (κ3) is 2.65. The highest BCUT2D eigenvalue weighted by Gasteiger charge is 2.35. The summed E-state index contributed by atoms with van der Waals surface area (Å²) in [5.74, 6) is 0. The van der Waals surface area contributed by atoms with Gasteiger partial charge in [0.2, 0.25) is 0 Å². The summed E-state index contributed by atoms with van der Waals surface area (Å²) < 4.78 is 2.39. The molecule has 1 unspecified atom stereocenters. The van der Waals surface area contributed by atoms with Crippen LogP contribution in [0.4, 0.5) is 0 Å². The summed E-state index contributed by atoms with van der Waals surface area (Å²) in [5.41, 5.74) is 3.36. The van der Waals surface area contributed by atoms with Crippen molar-refractivity contribution in [1.82, 2.24) is 15.1 Å².